The highest BCUT2D eigenvalue weighted by Gasteiger charge is 2.43. The van der Waals surface area contributed by atoms with E-state index in [1.165, 1.54) is 0 Å². The third kappa shape index (κ3) is 0.445. The minimum atomic E-state index is -0.553. The zero-order valence-electron chi connectivity index (χ0n) is 4.53. The first-order chi connectivity index (χ1) is 4.29. The van der Waals surface area contributed by atoms with Crippen LogP contribution in [0.2, 0.25) is 0 Å². The lowest BCUT2D eigenvalue weighted by atomic mass is 10.1. The molecule has 0 N–H and O–H groups in total. The number of ether oxygens (including phenoxy) is 1. The summed E-state index contributed by atoms with van der Waals surface area (Å²) < 4.78 is 4.89. The Bertz CT molecular complexity index is 194. The third-order valence-electron chi connectivity index (χ3n) is 1.51. The van der Waals surface area contributed by atoms with Gasteiger partial charge in [-0.3, -0.25) is 9.59 Å². The van der Waals surface area contributed by atoms with E-state index < -0.39 is 23.8 Å². The molecule has 2 heterocycles. The van der Waals surface area contributed by atoms with Crippen LogP contribution in [0, 0.1) is 0 Å². The van der Waals surface area contributed by atoms with Crippen LogP contribution in [0.25, 0.3) is 0 Å². The molecular formula is C6H4O3. The average Bonchev–Trinajstić information content (AvgIpc) is 2.37. The van der Waals surface area contributed by atoms with Crippen LogP contribution < -0.4 is 0 Å². The Morgan fingerprint density at radius 1 is 1.11 bits per heavy atom. The molecule has 2 rings (SSSR count). The van der Waals surface area contributed by atoms with Gasteiger partial charge in [-0.1, -0.05) is 0 Å². The number of fused-ring (bicyclic) bond motifs is 2. The first-order valence-corrected chi connectivity index (χ1v) is 2.71. The van der Waals surface area contributed by atoms with Crippen LogP contribution >= 0.6 is 0 Å². The molecule has 1 fully saturated rings. The molecule has 0 aliphatic carbocycles. The first kappa shape index (κ1) is 4.88. The molecule has 46 valence electrons. The summed E-state index contributed by atoms with van der Waals surface area (Å²) in [5.41, 5.74) is 0. The maximum atomic E-state index is 10.6. The quantitative estimate of drug-likeness (QED) is 0.322. The van der Waals surface area contributed by atoms with Crippen LogP contribution in [0.15, 0.2) is 12.2 Å². The summed E-state index contributed by atoms with van der Waals surface area (Å²) in [4.78, 5) is 21.3. The van der Waals surface area contributed by atoms with Crippen molar-refractivity contribution in [2.45, 2.75) is 12.2 Å². The minimum Gasteiger partial charge on any atom is -0.350 e. The lowest BCUT2D eigenvalue weighted by Crippen LogP contribution is -2.22. The second-order valence-electron chi connectivity index (χ2n) is 2.09. The number of carbonyl (C=O) groups excluding carboxylic acids is 2. The highest BCUT2D eigenvalue weighted by atomic mass is 16.5. The van der Waals surface area contributed by atoms with Crippen molar-refractivity contribution >= 4 is 11.6 Å². The van der Waals surface area contributed by atoms with Crippen molar-refractivity contribution in [3.63, 3.8) is 0 Å². The standard InChI is InChI=1S/C6H4O3/c7-5-3-1-2-4(9-3)6(5)8/h1-4H. The van der Waals surface area contributed by atoms with Crippen molar-refractivity contribution in [1.82, 2.24) is 0 Å². The molecule has 3 heteroatoms. The molecular weight excluding hydrogens is 120 g/mol. The lowest BCUT2D eigenvalue weighted by Gasteiger charge is -1.91. The lowest BCUT2D eigenvalue weighted by molar-refractivity contribution is -0.134. The van der Waals surface area contributed by atoms with Crippen molar-refractivity contribution in [2.75, 3.05) is 0 Å². The van der Waals surface area contributed by atoms with Crippen LogP contribution in [0.3, 0.4) is 0 Å². The largest absolute Gasteiger partial charge is 0.350 e. The molecule has 0 aromatic carbocycles. The van der Waals surface area contributed by atoms with Gasteiger partial charge in [0.15, 0.2) is 0 Å². The van der Waals surface area contributed by atoms with E-state index in [-0.39, 0.29) is 0 Å². The van der Waals surface area contributed by atoms with Gasteiger partial charge in [0.2, 0.25) is 11.6 Å². The van der Waals surface area contributed by atoms with Gasteiger partial charge < -0.3 is 4.74 Å². The molecule has 3 nitrogen and oxygen atoms in total. The van der Waals surface area contributed by atoms with Gasteiger partial charge >= 0.3 is 0 Å². The van der Waals surface area contributed by atoms with Crippen molar-refractivity contribution in [3.05, 3.63) is 12.2 Å². The summed E-state index contributed by atoms with van der Waals surface area (Å²) in [6.45, 7) is 0. The van der Waals surface area contributed by atoms with E-state index in [9.17, 15) is 9.59 Å². The number of hydrogen-bond donors (Lipinski definition) is 0. The number of rotatable bonds is 0. The number of Topliss-reactive ketones (excluding diaryl/α,β-unsaturated/α-hetero) is 2. The van der Waals surface area contributed by atoms with Crippen molar-refractivity contribution in [3.8, 4) is 0 Å². The monoisotopic (exact) mass is 124 g/mol. The maximum Gasteiger partial charge on any atom is 0.234 e. The molecule has 0 saturated carbocycles. The Hall–Kier alpha value is -0.960. The summed E-state index contributed by atoms with van der Waals surface area (Å²) in [6.07, 6.45) is 2.13. The SMILES string of the molecule is O=C1C(=O)C2C=CC1O2. The van der Waals surface area contributed by atoms with Crippen molar-refractivity contribution < 1.29 is 14.3 Å². The fourth-order valence-corrected chi connectivity index (χ4v) is 1.03. The first-order valence-electron chi connectivity index (χ1n) is 2.71. The predicted octanol–water partition coefficient (Wildman–Crippen LogP) is -0.538. The zero-order valence-corrected chi connectivity index (χ0v) is 4.53. The molecule has 0 aromatic rings. The Kier molecular flexibility index (Phi) is 0.706. The van der Waals surface area contributed by atoms with E-state index in [4.69, 9.17) is 4.74 Å². The molecule has 2 bridgehead atoms. The molecule has 0 amide bonds. The summed E-state index contributed by atoms with van der Waals surface area (Å²) in [5, 5.41) is 0. The van der Waals surface area contributed by atoms with Crippen LogP contribution in [0.5, 0.6) is 0 Å². The molecule has 9 heavy (non-hydrogen) atoms. The number of ketones is 2. The van der Waals surface area contributed by atoms with Gasteiger partial charge in [-0.15, -0.1) is 0 Å². The molecule has 0 radical (unpaired) electrons. The predicted molar refractivity (Wildman–Crippen MR) is 27.8 cm³/mol. The van der Waals surface area contributed by atoms with Gasteiger partial charge in [0, 0.05) is 0 Å². The zero-order chi connectivity index (χ0) is 6.43. The fraction of sp³-hybridized carbons (Fsp3) is 0.333. The summed E-state index contributed by atoms with van der Waals surface area (Å²) in [7, 11) is 0. The highest BCUT2D eigenvalue weighted by molar-refractivity contribution is 6.43. The van der Waals surface area contributed by atoms with Gasteiger partial charge in [0.05, 0.1) is 0 Å². The fourth-order valence-electron chi connectivity index (χ4n) is 1.03. The van der Waals surface area contributed by atoms with Gasteiger partial charge in [0.1, 0.15) is 12.2 Å². The third-order valence-corrected chi connectivity index (χ3v) is 1.51. The molecule has 0 aromatic heterocycles. The number of carbonyl (C=O) groups is 2. The maximum absolute atomic E-state index is 10.6. The Morgan fingerprint density at radius 2 is 1.56 bits per heavy atom. The van der Waals surface area contributed by atoms with Crippen molar-refractivity contribution in [2.24, 2.45) is 0 Å². The average molecular weight is 124 g/mol. The molecule has 2 aliphatic heterocycles. The van der Waals surface area contributed by atoms with Gasteiger partial charge in [-0.2, -0.15) is 0 Å². The highest BCUT2D eigenvalue weighted by Crippen LogP contribution is 2.21. The second kappa shape index (κ2) is 1.30. The smallest absolute Gasteiger partial charge is 0.234 e. The summed E-state index contributed by atoms with van der Waals surface area (Å²) in [6, 6.07) is 0. The molecule has 2 aliphatic rings. The Morgan fingerprint density at radius 3 is 1.78 bits per heavy atom. The summed E-state index contributed by atoms with van der Waals surface area (Å²) >= 11 is 0. The molecule has 2 unspecified atom stereocenters. The van der Waals surface area contributed by atoms with Gasteiger partial charge in [-0.05, 0) is 12.2 Å². The topological polar surface area (TPSA) is 43.4 Å². The minimum absolute atomic E-state index is 0.400. The molecule has 1 saturated heterocycles. The Labute approximate surface area is 51.3 Å². The number of hydrogen-bond acceptors (Lipinski definition) is 3. The van der Waals surface area contributed by atoms with E-state index in [0.29, 0.717) is 0 Å². The summed E-state index contributed by atoms with van der Waals surface area (Å²) in [5.74, 6) is -0.801. The van der Waals surface area contributed by atoms with E-state index in [1.807, 2.05) is 0 Å². The second-order valence-corrected chi connectivity index (χ2v) is 2.09. The van der Waals surface area contributed by atoms with Crippen LogP contribution in [-0.2, 0) is 14.3 Å². The van der Waals surface area contributed by atoms with E-state index in [1.54, 1.807) is 12.2 Å². The van der Waals surface area contributed by atoms with E-state index >= 15 is 0 Å². The van der Waals surface area contributed by atoms with Crippen LogP contribution in [0.4, 0.5) is 0 Å². The van der Waals surface area contributed by atoms with E-state index in [2.05, 4.69) is 0 Å². The van der Waals surface area contributed by atoms with E-state index in [0.717, 1.165) is 0 Å². The Balaban J connectivity index is 2.47. The van der Waals surface area contributed by atoms with Crippen molar-refractivity contribution in [1.29, 1.82) is 0 Å². The molecule has 0 spiro atoms. The molecule has 2 atom stereocenters. The normalized spacial score (nSPS) is 38.7. The van der Waals surface area contributed by atoms with Crippen LogP contribution in [-0.4, -0.2) is 23.8 Å². The van der Waals surface area contributed by atoms with Gasteiger partial charge in [0.25, 0.3) is 0 Å². The van der Waals surface area contributed by atoms with Crippen LogP contribution in [0.1, 0.15) is 0 Å². The van der Waals surface area contributed by atoms with Gasteiger partial charge in [-0.25, -0.2) is 0 Å².